The number of anilines is 1. The van der Waals surface area contributed by atoms with Crippen LogP contribution in [0, 0.1) is 0 Å². The second-order valence-corrected chi connectivity index (χ2v) is 5.92. The van der Waals surface area contributed by atoms with Crippen LogP contribution in [0.3, 0.4) is 0 Å². The van der Waals surface area contributed by atoms with E-state index in [1.807, 2.05) is 32.0 Å². The normalized spacial score (nSPS) is 12.0. The molecule has 2 aromatic rings. The van der Waals surface area contributed by atoms with E-state index < -0.39 is 10.1 Å². The Morgan fingerprint density at radius 3 is 2.28 bits per heavy atom. The van der Waals surface area contributed by atoms with Crippen LogP contribution in [0.4, 0.5) is 5.69 Å². The molecule has 18 heavy (non-hydrogen) atoms. The van der Waals surface area contributed by atoms with E-state index >= 15 is 0 Å². The van der Waals surface area contributed by atoms with E-state index in [2.05, 4.69) is 5.32 Å². The van der Waals surface area contributed by atoms with Gasteiger partial charge in [-0.25, -0.2) is 0 Å². The number of benzene rings is 2. The predicted molar refractivity (Wildman–Crippen MR) is 72.5 cm³/mol. The standard InChI is InChI=1S/C13H15NO3S/c1-9(2)14-12-5-3-11-8-13(18(15,16)17)6-4-10(11)7-12/h3-9,14H,1-2H3,(H,15,16,17). The van der Waals surface area contributed by atoms with Crippen molar-refractivity contribution in [2.75, 3.05) is 5.32 Å². The van der Waals surface area contributed by atoms with Gasteiger partial charge in [0.2, 0.25) is 0 Å². The summed E-state index contributed by atoms with van der Waals surface area (Å²) in [5, 5.41) is 4.98. The first-order chi connectivity index (χ1) is 8.36. The number of nitrogens with one attached hydrogen (secondary N) is 1. The lowest BCUT2D eigenvalue weighted by atomic mass is 10.1. The van der Waals surface area contributed by atoms with Crippen LogP contribution in [0.2, 0.25) is 0 Å². The lowest BCUT2D eigenvalue weighted by Crippen LogP contribution is -2.09. The van der Waals surface area contributed by atoms with Gasteiger partial charge in [0.25, 0.3) is 10.1 Å². The van der Waals surface area contributed by atoms with Gasteiger partial charge in [-0.2, -0.15) is 8.42 Å². The summed E-state index contributed by atoms with van der Waals surface area (Å²) in [5.41, 5.74) is 0.983. The van der Waals surface area contributed by atoms with Gasteiger partial charge in [-0.3, -0.25) is 4.55 Å². The monoisotopic (exact) mass is 265 g/mol. The van der Waals surface area contributed by atoms with Gasteiger partial charge in [0.05, 0.1) is 4.90 Å². The first kappa shape index (κ1) is 12.9. The summed E-state index contributed by atoms with van der Waals surface area (Å²) in [6.07, 6.45) is 0. The van der Waals surface area contributed by atoms with Crippen molar-refractivity contribution in [3.63, 3.8) is 0 Å². The molecular formula is C13H15NO3S. The third kappa shape index (κ3) is 2.80. The van der Waals surface area contributed by atoms with Gasteiger partial charge in [-0.15, -0.1) is 0 Å². The number of hydrogen-bond donors (Lipinski definition) is 2. The highest BCUT2D eigenvalue weighted by atomic mass is 32.2. The van der Waals surface area contributed by atoms with E-state index in [1.54, 1.807) is 6.07 Å². The third-order valence-electron chi connectivity index (χ3n) is 2.56. The highest BCUT2D eigenvalue weighted by Gasteiger charge is 2.09. The summed E-state index contributed by atoms with van der Waals surface area (Å²) < 4.78 is 31.0. The predicted octanol–water partition coefficient (Wildman–Crippen LogP) is 2.91. The van der Waals surface area contributed by atoms with Gasteiger partial charge in [0, 0.05) is 11.7 Å². The third-order valence-corrected chi connectivity index (χ3v) is 3.41. The molecule has 2 N–H and O–H groups in total. The molecule has 0 heterocycles. The molecule has 0 radical (unpaired) electrons. The average molecular weight is 265 g/mol. The van der Waals surface area contributed by atoms with Gasteiger partial charge in [0.15, 0.2) is 0 Å². The molecule has 0 saturated carbocycles. The maximum atomic E-state index is 11.0. The van der Waals surface area contributed by atoms with Crippen molar-refractivity contribution in [1.82, 2.24) is 0 Å². The molecule has 4 nitrogen and oxygen atoms in total. The highest BCUT2D eigenvalue weighted by Crippen LogP contribution is 2.22. The Bertz CT molecular complexity index is 678. The first-order valence-corrected chi connectivity index (χ1v) is 7.08. The molecule has 2 rings (SSSR count). The van der Waals surface area contributed by atoms with E-state index in [0.29, 0.717) is 6.04 Å². The van der Waals surface area contributed by atoms with Crippen molar-refractivity contribution in [2.45, 2.75) is 24.8 Å². The molecule has 0 aliphatic carbocycles. The molecule has 0 aliphatic rings. The number of hydrogen-bond acceptors (Lipinski definition) is 3. The Morgan fingerprint density at radius 1 is 1.06 bits per heavy atom. The quantitative estimate of drug-likeness (QED) is 0.837. The minimum atomic E-state index is -4.14. The Kier molecular flexibility index (Phi) is 3.28. The SMILES string of the molecule is CC(C)Nc1ccc2cc(S(=O)(=O)O)ccc2c1. The van der Waals surface area contributed by atoms with Gasteiger partial charge in [0.1, 0.15) is 0 Å². The summed E-state index contributed by atoms with van der Waals surface area (Å²) in [6.45, 7) is 4.09. The molecule has 96 valence electrons. The number of rotatable bonds is 3. The van der Waals surface area contributed by atoms with Crippen molar-refractivity contribution < 1.29 is 13.0 Å². The van der Waals surface area contributed by atoms with Crippen LogP contribution in [-0.2, 0) is 10.1 Å². The fraction of sp³-hybridized carbons (Fsp3) is 0.231. The van der Waals surface area contributed by atoms with E-state index in [4.69, 9.17) is 4.55 Å². The molecule has 0 aromatic heterocycles. The summed E-state index contributed by atoms with van der Waals surface area (Å²) in [6, 6.07) is 10.5. The average Bonchev–Trinajstić information content (AvgIpc) is 2.26. The summed E-state index contributed by atoms with van der Waals surface area (Å²) >= 11 is 0. The van der Waals surface area contributed by atoms with E-state index in [-0.39, 0.29) is 4.90 Å². The Balaban J connectivity index is 2.49. The second kappa shape index (κ2) is 4.59. The highest BCUT2D eigenvalue weighted by molar-refractivity contribution is 7.85. The van der Waals surface area contributed by atoms with Gasteiger partial charge >= 0.3 is 0 Å². The topological polar surface area (TPSA) is 66.4 Å². The Hall–Kier alpha value is -1.59. The van der Waals surface area contributed by atoms with Crippen LogP contribution in [0.15, 0.2) is 41.3 Å². The summed E-state index contributed by atoms with van der Waals surface area (Å²) in [7, 11) is -4.14. The minimum absolute atomic E-state index is 0.0837. The fourth-order valence-corrected chi connectivity index (χ4v) is 2.32. The molecule has 2 aromatic carbocycles. The lowest BCUT2D eigenvalue weighted by molar-refractivity contribution is 0.483. The zero-order valence-corrected chi connectivity index (χ0v) is 11.0. The fourth-order valence-electron chi connectivity index (χ4n) is 1.81. The van der Waals surface area contributed by atoms with E-state index in [1.165, 1.54) is 12.1 Å². The molecule has 0 spiro atoms. The van der Waals surface area contributed by atoms with Gasteiger partial charge in [-0.05, 0) is 48.9 Å². The van der Waals surface area contributed by atoms with Gasteiger partial charge < -0.3 is 5.32 Å². The molecule has 0 saturated heterocycles. The summed E-state index contributed by atoms with van der Waals surface area (Å²) in [5.74, 6) is 0. The van der Waals surface area contributed by atoms with Crippen LogP contribution in [0.25, 0.3) is 10.8 Å². The maximum absolute atomic E-state index is 11.0. The molecular weight excluding hydrogens is 250 g/mol. The van der Waals surface area contributed by atoms with Crippen molar-refractivity contribution in [2.24, 2.45) is 0 Å². The molecule has 0 unspecified atom stereocenters. The molecule has 0 aliphatic heterocycles. The first-order valence-electron chi connectivity index (χ1n) is 5.64. The van der Waals surface area contributed by atoms with Crippen LogP contribution < -0.4 is 5.32 Å². The molecule has 0 fully saturated rings. The van der Waals surface area contributed by atoms with Crippen molar-refractivity contribution in [3.05, 3.63) is 36.4 Å². The van der Waals surface area contributed by atoms with Crippen molar-refractivity contribution >= 4 is 26.6 Å². The minimum Gasteiger partial charge on any atom is -0.383 e. The van der Waals surface area contributed by atoms with E-state index in [0.717, 1.165) is 16.5 Å². The Morgan fingerprint density at radius 2 is 1.67 bits per heavy atom. The number of fused-ring (bicyclic) bond motifs is 1. The van der Waals surface area contributed by atoms with Crippen molar-refractivity contribution in [3.8, 4) is 0 Å². The lowest BCUT2D eigenvalue weighted by Gasteiger charge is -2.10. The van der Waals surface area contributed by atoms with Gasteiger partial charge in [-0.1, -0.05) is 12.1 Å². The largest absolute Gasteiger partial charge is 0.383 e. The van der Waals surface area contributed by atoms with Crippen molar-refractivity contribution in [1.29, 1.82) is 0 Å². The van der Waals surface area contributed by atoms with Crippen LogP contribution in [-0.4, -0.2) is 19.0 Å². The smallest absolute Gasteiger partial charge is 0.294 e. The van der Waals surface area contributed by atoms with Crippen LogP contribution >= 0.6 is 0 Å². The molecule has 5 heteroatoms. The molecule has 0 amide bonds. The molecule has 0 atom stereocenters. The van der Waals surface area contributed by atoms with Crippen LogP contribution in [0.5, 0.6) is 0 Å². The molecule has 0 bridgehead atoms. The van der Waals surface area contributed by atoms with E-state index in [9.17, 15) is 8.42 Å². The zero-order valence-electron chi connectivity index (χ0n) is 10.2. The van der Waals surface area contributed by atoms with Crippen LogP contribution in [0.1, 0.15) is 13.8 Å². The maximum Gasteiger partial charge on any atom is 0.294 e. The second-order valence-electron chi connectivity index (χ2n) is 4.50. The Labute approximate surface area is 106 Å². The zero-order chi connectivity index (χ0) is 13.3. The summed E-state index contributed by atoms with van der Waals surface area (Å²) in [4.78, 5) is -0.0837.